The molecule has 0 heterocycles. The Bertz CT molecular complexity index is 609. The minimum absolute atomic E-state index is 0.691. The molecule has 102 valence electrons. The van der Waals surface area contributed by atoms with Crippen molar-refractivity contribution >= 4 is 11.4 Å². The maximum Gasteiger partial charge on any atom is 0.0991 e. The third kappa shape index (κ3) is 3.30. The van der Waals surface area contributed by atoms with Crippen LogP contribution in [-0.2, 0) is 6.54 Å². The van der Waals surface area contributed by atoms with Crippen LogP contribution in [-0.4, -0.2) is 21.1 Å². The summed E-state index contributed by atoms with van der Waals surface area (Å²) < 4.78 is 0. The first-order chi connectivity index (χ1) is 9.60. The van der Waals surface area contributed by atoms with Crippen LogP contribution in [0.3, 0.4) is 0 Å². The van der Waals surface area contributed by atoms with Crippen molar-refractivity contribution in [3.8, 4) is 6.07 Å². The Morgan fingerprint density at radius 2 is 1.65 bits per heavy atom. The monoisotopic (exact) mass is 265 g/mol. The molecule has 0 radical (unpaired) electrons. The summed E-state index contributed by atoms with van der Waals surface area (Å²) in [5.74, 6) is 0. The summed E-state index contributed by atoms with van der Waals surface area (Å²) in [6, 6.07) is 18.3. The molecule has 0 unspecified atom stereocenters. The third-order valence-corrected chi connectivity index (χ3v) is 3.28. The number of hydrogen-bond donors (Lipinski definition) is 0. The average molecular weight is 265 g/mol. The van der Waals surface area contributed by atoms with Gasteiger partial charge in [0.25, 0.3) is 0 Å². The minimum atomic E-state index is 0.691. The number of rotatable bonds is 4. The lowest BCUT2D eigenvalue weighted by molar-refractivity contribution is 0.921. The van der Waals surface area contributed by atoms with Crippen LogP contribution in [0, 0.1) is 11.3 Å². The molecule has 0 N–H and O–H groups in total. The second-order valence-corrected chi connectivity index (χ2v) is 5.08. The lowest BCUT2D eigenvalue weighted by Crippen LogP contribution is -2.17. The van der Waals surface area contributed by atoms with E-state index >= 15 is 0 Å². The van der Waals surface area contributed by atoms with E-state index in [1.165, 1.54) is 11.3 Å². The Hall–Kier alpha value is -2.47. The number of anilines is 2. The molecular formula is C17H19N3. The van der Waals surface area contributed by atoms with Gasteiger partial charge in [-0.3, -0.25) is 0 Å². The minimum Gasteiger partial charge on any atom is -0.378 e. The lowest BCUT2D eigenvalue weighted by atomic mass is 10.1. The quantitative estimate of drug-likeness (QED) is 0.850. The highest BCUT2D eigenvalue weighted by Gasteiger charge is 2.04. The third-order valence-electron chi connectivity index (χ3n) is 3.28. The summed E-state index contributed by atoms with van der Waals surface area (Å²) in [6.07, 6.45) is 0. The van der Waals surface area contributed by atoms with E-state index in [-0.39, 0.29) is 0 Å². The molecule has 0 bridgehead atoms. The first-order valence-electron chi connectivity index (χ1n) is 6.57. The van der Waals surface area contributed by atoms with E-state index < -0.39 is 0 Å². The Kier molecular flexibility index (Phi) is 4.27. The van der Waals surface area contributed by atoms with E-state index in [9.17, 15) is 0 Å². The van der Waals surface area contributed by atoms with E-state index in [1.54, 1.807) is 0 Å². The van der Waals surface area contributed by atoms with Crippen molar-refractivity contribution in [2.75, 3.05) is 30.9 Å². The van der Waals surface area contributed by atoms with Crippen LogP contribution < -0.4 is 9.80 Å². The summed E-state index contributed by atoms with van der Waals surface area (Å²) in [5, 5.41) is 8.82. The number of benzene rings is 2. The van der Waals surface area contributed by atoms with Crippen molar-refractivity contribution in [2.24, 2.45) is 0 Å². The highest BCUT2D eigenvalue weighted by molar-refractivity contribution is 5.51. The fourth-order valence-corrected chi connectivity index (χ4v) is 2.09. The summed E-state index contributed by atoms with van der Waals surface area (Å²) >= 11 is 0. The summed E-state index contributed by atoms with van der Waals surface area (Å²) in [7, 11) is 6.15. The van der Waals surface area contributed by atoms with Crippen molar-refractivity contribution in [1.82, 2.24) is 0 Å². The first-order valence-corrected chi connectivity index (χ1v) is 6.57. The molecule has 0 aliphatic carbocycles. The molecule has 2 aromatic rings. The van der Waals surface area contributed by atoms with E-state index in [2.05, 4.69) is 47.2 Å². The van der Waals surface area contributed by atoms with Crippen molar-refractivity contribution < 1.29 is 0 Å². The number of nitrogens with zero attached hydrogens (tertiary/aromatic N) is 3. The normalized spacial score (nSPS) is 9.90. The molecule has 0 atom stereocenters. The smallest absolute Gasteiger partial charge is 0.0991 e. The van der Waals surface area contributed by atoms with Gasteiger partial charge in [0.2, 0.25) is 0 Å². The zero-order chi connectivity index (χ0) is 14.5. The van der Waals surface area contributed by atoms with Crippen LogP contribution >= 0.6 is 0 Å². The molecule has 3 nitrogen and oxygen atoms in total. The van der Waals surface area contributed by atoms with Gasteiger partial charge in [-0.15, -0.1) is 0 Å². The van der Waals surface area contributed by atoms with Gasteiger partial charge < -0.3 is 9.80 Å². The van der Waals surface area contributed by atoms with Gasteiger partial charge in [-0.1, -0.05) is 12.1 Å². The maximum atomic E-state index is 8.82. The molecule has 0 amide bonds. The first kappa shape index (κ1) is 14.0. The summed E-state index contributed by atoms with van der Waals surface area (Å²) in [4.78, 5) is 4.28. The summed E-state index contributed by atoms with van der Waals surface area (Å²) in [5.41, 5.74) is 4.27. The Morgan fingerprint density at radius 3 is 2.25 bits per heavy atom. The zero-order valence-corrected chi connectivity index (χ0v) is 12.2. The predicted octanol–water partition coefficient (Wildman–Crippen LogP) is 3.26. The number of nitriles is 1. The second kappa shape index (κ2) is 6.12. The molecule has 0 saturated heterocycles. The van der Waals surface area contributed by atoms with Crippen molar-refractivity contribution in [1.29, 1.82) is 5.26 Å². The van der Waals surface area contributed by atoms with E-state index in [4.69, 9.17) is 5.26 Å². The fourth-order valence-electron chi connectivity index (χ4n) is 2.09. The van der Waals surface area contributed by atoms with E-state index in [1.807, 2.05) is 38.4 Å². The Morgan fingerprint density at radius 1 is 0.950 bits per heavy atom. The van der Waals surface area contributed by atoms with Crippen molar-refractivity contribution in [3.63, 3.8) is 0 Å². The SMILES string of the molecule is CN(C)c1cccc(CN(C)c2ccc(C#N)cc2)c1. The molecule has 0 saturated carbocycles. The van der Waals surface area contributed by atoms with Crippen LogP contribution in [0.25, 0.3) is 0 Å². The topological polar surface area (TPSA) is 30.3 Å². The molecule has 0 aliphatic heterocycles. The molecule has 0 fully saturated rings. The van der Waals surface area contributed by atoms with Gasteiger partial charge in [0.05, 0.1) is 11.6 Å². The van der Waals surface area contributed by atoms with Crippen molar-refractivity contribution in [3.05, 3.63) is 59.7 Å². The molecule has 2 rings (SSSR count). The number of hydrogen-bond acceptors (Lipinski definition) is 3. The highest BCUT2D eigenvalue weighted by atomic mass is 15.1. The molecule has 0 aliphatic rings. The van der Waals surface area contributed by atoms with Gasteiger partial charge in [0.15, 0.2) is 0 Å². The fraction of sp³-hybridized carbons (Fsp3) is 0.235. The highest BCUT2D eigenvalue weighted by Crippen LogP contribution is 2.19. The second-order valence-electron chi connectivity index (χ2n) is 5.08. The van der Waals surface area contributed by atoms with Crippen LogP contribution in [0.5, 0.6) is 0 Å². The average Bonchev–Trinajstić information content (AvgIpc) is 2.47. The maximum absolute atomic E-state index is 8.82. The molecule has 20 heavy (non-hydrogen) atoms. The molecule has 0 spiro atoms. The zero-order valence-electron chi connectivity index (χ0n) is 12.2. The van der Waals surface area contributed by atoms with Gasteiger partial charge in [-0.2, -0.15) is 5.26 Å². The standard InChI is InChI=1S/C17H19N3/c1-19(2)17-6-4-5-15(11-17)13-20(3)16-9-7-14(12-18)8-10-16/h4-11H,13H2,1-3H3. The molecule has 2 aromatic carbocycles. The van der Waals surface area contributed by atoms with Crippen LogP contribution in [0.2, 0.25) is 0 Å². The van der Waals surface area contributed by atoms with Gasteiger partial charge in [0.1, 0.15) is 0 Å². The molecular weight excluding hydrogens is 246 g/mol. The predicted molar refractivity (Wildman–Crippen MR) is 84.0 cm³/mol. The van der Waals surface area contributed by atoms with Gasteiger partial charge in [-0.05, 0) is 42.0 Å². The van der Waals surface area contributed by atoms with Crippen LogP contribution in [0.1, 0.15) is 11.1 Å². The Balaban J connectivity index is 2.12. The van der Waals surface area contributed by atoms with Gasteiger partial charge in [-0.25, -0.2) is 0 Å². The van der Waals surface area contributed by atoms with Crippen molar-refractivity contribution in [2.45, 2.75) is 6.54 Å². The lowest BCUT2D eigenvalue weighted by Gasteiger charge is -2.21. The van der Waals surface area contributed by atoms with E-state index in [0.717, 1.165) is 12.2 Å². The molecule has 3 heteroatoms. The Labute approximate surface area is 120 Å². The molecule has 0 aromatic heterocycles. The van der Waals surface area contributed by atoms with Crippen LogP contribution in [0.15, 0.2) is 48.5 Å². The summed E-state index contributed by atoms with van der Waals surface area (Å²) in [6.45, 7) is 0.841. The van der Waals surface area contributed by atoms with Gasteiger partial charge >= 0.3 is 0 Å². The van der Waals surface area contributed by atoms with Gasteiger partial charge in [0, 0.05) is 39.1 Å². The van der Waals surface area contributed by atoms with E-state index in [0.29, 0.717) is 5.56 Å². The van der Waals surface area contributed by atoms with Crippen LogP contribution in [0.4, 0.5) is 11.4 Å². The largest absolute Gasteiger partial charge is 0.378 e.